The molecule has 1 fully saturated rings. The van der Waals surface area contributed by atoms with E-state index in [4.69, 9.17) is 9.47 Å². The molecule has 0 saturated heterocycles. The minimum atomic E-state index is -0.927. The summed E-state index contributed by atoms with van der Waals surface area (Å²) in [4.78, 5) is 54.2. The monoisotopic (exact) mass is 545 g/mol. The first-order valence-electron chi connectivity index (χ1n) is 14.0. The quantitative estimate of drug-likeness (QED) is 0.372. The van der Waals surface area contributed by atoms with Gasteiger partial charge in [0.25, 0.3) is 0 Å². The van der Waals surface area contributed by atoms with Crippen LogP contribution in [0.4, 0.5) is 4.79 Å². The molecule has 1 aliphatic rings. The van der Waals surface area contributed by atoms with Crippen molar-refractivity contribution in [3.8, 4) is 0 Å². The number of benzene rings is 1. The maximum atomic E-state index is 14.2. The molecule has 0 bridgehead atoms. The Morgan fingerprint density at radius 3 is 2.26 bits per heavy atom. The molecule has 0 heterocycles. The summed E-state index contributed by atoms with van der Waals surface area (Å²) in [5, 5.41) is 5.62. The number of nitrogens with zero attached hydrogens (tertiary/aromatic N) is 1. The van der Waals surface area contributed by atoms with E-state index in [1.807, 2.05) is 52.8 Å². The Bertz CT molecular complexity index is 1030. The molecule has 39 heavy (non-hydrogen) atoms. The van der Waals surface area contributed by atoms with Crippen molar-refractivity contribution in [2.45, 2.75) is 105 Å². The largest absolute Gasteiger partial charge is 0.466 e. The van der Waals surface area contributed by atoms with Crippen molar-refractivity contribution in [3.05, 3.63) is 34.9 Å². The number of nitrogens with one attached hydrogen (secondary N) is 2. The van der Waals surface area contributed by atoms with Gasteiger partial charge in [-0.05, 0) is 82.9 Å². The smallest absolute Gasteiger partial charge is 0.408 e. The third kappa shape index (κ3) is 9.86. The van der Waals surface area contributed by atoms with Crippen LogP contribution in [-0.4, -0.2) is 59.6 Å². The third-order valence-electron chi connectivity index (χ3n) is 6.68. The average molecular weight is 546 g/mol. The Kier molecular flexibility index (Phi) is 11.4. The molecule has 1 aromatic carbocycles. The topological polar surface area (TPSA) is 114 Å². The van der Waals surface area contributed by atoms with Crippen LogP contribution in [0.2, 0.25) is 0 Å². The number of ether oxygens (including phenoxy) is 2. The van der Waals surface area contributed by atoms with Gasteiger partial charge in [0.1, 0.15) is 17.7 Å². The van der Waals surface area contributed by atoms with E-state index >= 15 is 0 Å². The summed E-state index contributed by atoms with van der Waals surface area (Å²) in [5.74, 6) is -0.798. The van der Waals surface area contributed by atoms with Gasteiger partial charge < -0.3 is 25.0 Å². The van der Waals surface area contributed by atoms with Crippen molar-refractivity contribution in [2.75, 3.05) is 13.2 Å². The number of carbonyl (C=O) groups is 4. The first kappa shape index (κ1) is 32.1. The predicted octanol–water partition coefficient (Wildman–Crippen LogP) is 4.59. The summed E-state index contributed by atoms with van der Waals surface area (Å²) >= 11 is 0. The van der Waals surface area contributed by atoms with Gasteiger partial charge in [0.05, 0.1) is 13.0 Å². The summed E-state index contributed by atoms with van der Waals surface area (Å²) in [6.45, 7) is 17.3. The van der Waals surface area contributed by atoms with Crippen LogP contribution in [-0.2, 0) is 23.9 Å². The highest BCUT2D eigenvalue weighted by molar-refractivity contribution is 5.92. The highest BCUT2D eigenvalue weighted by Crippen LogP contribution is 2.41. The molecule has 4 atom stereocenters. The van der Waals surface area contributed by atoms with Crippen molar-refractivity contribution in [1.29, 1.82) is 0 Å². The molecule has 1 aromatic rings. The van der Waals surface area contributed by atoms with Gasteiger partial charge in [-0.3, -0.25) is 14.4 Å². The van der Waals surface area contributed by atoms with E-state index in [1.54, 1.807) is 32.6 Å². The van der Waals surface area contributed by atoms with Gasteiger partial charge in [0.15, 0.2) is 0 Å². The lowest BCUT2D eigenvalue weighted by molar-refractivity contribution is -0.145. The van der Waals surface area contributed by atoms with Crippen LogP contribution < -0.4 is 10.6 Å². The number of amides is 3. The van der Waals surface area contributed by atoms with E-state index in [0.717, 1.165) is 17.5 Å². The number of alkyl carbamates (subject to hydrolysis) is 1. The number of hydrogen-bond donors (Lipinski definition) is 2. The molecule has 1 saturated carbocycles. The van der Waals surface area contributed by atoms with E-state index < -0.39 is 29.7 Å². The van der Waals surface area contributed by atoms with Gasteiger partial charge in [0.2, 0.25) is 11.8 Å². The molecule has 9 heteroatoms. The Labute approximate surface area is 233 Å². The first-order chi connectivity index (χ1) is 18.1. The fourth-order valence-corrected chi connectivity index (χ4v) is 4.49. The maximum absolute atomic E-state index is 14.2. The first-order valence-corrected chi connectivity index (χ1v) is 14.0. The standard InChI is InChI=1S/C30H47N3O6/c1-10-38-25(34)13-14-31-27(35)26(22-12-11-19(4)20(5)16-22)33(24-17-21(24)6)28(36)23(15-18(2)3)32-29(37)39-30(7,8)9/h11-12,16,18,21,23-24,26H,10,13-15,17H2,1-9H3,(H,31,35)(H,32,37). The fraction of sp³-hybridized carbons (Fsp3) is 0.667. The zero-order valence-corrected chi connectivity index (χ0v) is 25.1. The molecule has 3 amide bonds. The van der Waals surface area contributed by atoms with Crippen LogP contribution in [0.15, 0.2) is 18.2 Å². The van der Waals surface area contributed by atoms with Crippen molar-refractivity contribution in [1.82, 2.24) is 15.5 Å². The number of carbonyl (C=O) groups excluding carboxylic acids is 4. The van der Waals surface area contributed by atoms with Crippen LogP contribution in [0.25, 0.3) is 0 Å². The van der Waals surface area contributed by atoms with Gasteiger partial charge in [0, 0.05) is 12.6 Å². The molecule has 0 aromatic heterocycles. The zero-order chi connectivity index (χ0) is 29.5. The van der Waals surface area contributed by atoms with Crippen molar-refractivity contribution in [2.24, 2.45) is 11.8 Å². The Morgan fingerprint density at radius 1 is 1.10 bits per heavy atom. The minimum absolute atomic E-state index is 0.0309. The second-order valence-corrected chi connectivity index (χ2v) is 11.9. The lowest BCUT2D eigenvalue weighted by Crippen LogP contribution is -2.54. The molecule has 0 radical (unpaired) electrons. The van der Waals surface area contributed by atoms with Crippen molar-refractivity contribution < 1.29 is 28.7 Å². The van der Waals surface area contributed by atoms with Crippen molar-refractivity contribution >= 4 is 23.9 Å². The number of rotatable bonds is 12. The second-order valence-electron chi connectivity index (χ2n) is 11.9. The van der Waals surface area contributed by atoms with Crippen LogP contribution in [0, 0.1) is 25.7 Å². The molecule has 0 spiro atoms. The molecule has 1 aliphatic carbocycles. The highest BCUT2D eigenvalue weighted by atomic mass is 16.6. The fourth-order valence-electron chi connectivity index (χ4n) is 4.49. The summed E-state index contributed by atoms with van der Waals surface area (Å²) in [6.07, 6.45) is 0.499. The van der Waals surface area contributed by atoms with E-state index in [2.05, 4.69) is 10.6 Å². The van der Waals surface area contributed by atoms with Crippen LogP contribution in [0.1, 0.15) is 90.5 Å². The average Bonchev–Trinajstić information content (AvgIpc) is 3.52. The SMILES string of the molecule is CCOC(=O)CCNC(=O)C(c1ccc(C)c(C)c1)N(C(=O)C(CC(C)C)NC(=O)OC(C)(C)C)C1CC1C. The van der Waals surface area contributed by atoms with Crippen LogP contribution in [0.5, 0.6) is 0 Å². The zero-order valence-electron chi connectivity index (χ0n) is 25.1. The lowest BCUT2D eigenvalue weighted by atomic mass is 9.96. The lowest BCUT2D eigenvalue weighted by Gasteiger charge is -2.35. The van der Waals surface area contributed by atoms with Gasteiger partial charge in [-0.2, -0.15) is 0 Å². The van der Waals surface area contributed by atoms with Gasteiger partial charge >= 0.3 is 12.1 Å². The number of aryl methyl sites for hydroxylation is 2. The molecule has 218 valence electrons. The Balaban J connectivity index is 2.46. The highest BCUT2D eigenvalue weighted by Gasteiger charge is 2.48. The molecule has 2 rings (SSSR count). The molecular formula is C30H47N3O6. The summed E-state index contributed by atoms with van der Waals surface area (Å²) < 4.78 is 10.4. The molecule has 9 nitrogen and oxygen atoms in total. The Morgan fingerprint density at radius 2 is 1.74 bits per heavy atom. The maximum Gasteiger partial charge on any atom is 0.408 e. The van der Waals surface area contributed by atoms with E-state index in [0.29, 0.717) is 12.0 Å². The normalized spacial score (nSPS) is 18.1. The predicted molar refractivity (Wildman–Crippen MR) is 150 cm³/mol. The summed E-state index contributed by atoms with van der Waals surface area (Å²) in [6, 6.07) is 3.78. The number of hydrogen-bond acceptors (Lipinski definition) is 6. The molecule has 2 N–H and O–H groups in total. The van der Waals surface area contributed by atoms with Gasteiger partial charge in [-0.25, -0.2) is 4.79 Å². The molecule has 0 aliphatic heterocycles. The summed E-state index contributed by atoms with van der Waals surface area (Å²) in [5.41, 5.74) is 2.03. The van der Waals surface area contributed by atoms with Crippen molar-refractivity contribution in [3.63, 3.8) is 0 Å². The number of esters is 1. The van der Waals surface area contributed by atoms with E-state index in [1.165, 1.54) is 0 Å². The Hall–Kier alpha value is -3.10. The van der Waals surface area contributed by atoms with Gasteiger partial charge in [-0.15, -0.1) is 0 Å². The van der Waals surface area contributed by atoms with E-state index in [9.17, 15) is 19.2 Å². The molecular weight excluding hydrogens is 498 g/mol. The van der Waals surface area contributed by atoms with Crippen LogP contribution in [0.3, 0.4) is 0 Å². The minimum Gasteiger partial charge on any atom is -0.466 e. The third-order valence-corrected chi connectivity index (χ3v) is 6.68. The summed E-state index contributed by atoms with van der Waals surface area (Å²) in [7, 11) is 0. The van der Waals surface area contributed by atoms with E-state index in [-0.39, 0.29) is 49.3 Å². The second kappa shape index (κ2) is 13.8. The van der Waals surface area contributed by atoms with Crippen LogP contribution >= 0.6 is 0 Å². The van der Waals surface area contributed by atoms with Gasteiger partial charge in [-0.1, -0.05) is 39.0 Å². The molecule has 4 unspecified atom stereocenters.